The van der Waals surface area contributed by atoms with Gasteiger partial charge in [-0.3, -0.25) is 4.79 Å². The van der Waals surface area contributed by atoms with Crippen molar-refractivity contribution in [3.8, 4) is 0 Å². The fraction of sp³-hybridized carbons (Fsp3) is 0.944. The lowest BCUT2D eigenvalue weighted by Crippen LogP contribution is -2.24. The van der Waals surface area contributed by atoms with Crippen LogP contribution >= 0.6 is 0 Å². The highest BCUT2D eigenvalue weighted by atomic mass is 16.5. The summed E-state index contributed by atoms with van der Waals surface area (Å²) in [4.78, 5) is 12.0. The molecule has 1 aliphatic heterocycles. The fourth-order valence-electron chi connectivity index (χ4n) is 3.04. The minimum absolute atomic E-state index is 0.0893. The van der Waals surface area contributed by atoms with E-state index in [0.29, 0.717) is 11.7 Å². The standard InChI is InChI=1S/C18H34O2/c1-3-4-5-6-7-8-9-10-11-12-13-17(19)18-16(2)14-15-20-18/h16,18H,3-15H2,1-2H3. The second-order valence-corrected chi connectivity index (χ2v) is 6.46. The Hall–Kier alpha value is -0.370. The quantitative estimate of drug-likeness (QED) is 0.454. The molecule has 0 N–H and O–H groups in total. The van der Waals surface area contributed by atoms with E-state index in [4.69, 9.17) is 4.74 Å². The summed E-state index contributed by atoms with van der Waals surface area (Å²) >= 11 is 0. The molecule has 1 saturated heterocycles. The summed E-state index contributed by atoms with van der Waals surface area (Å²) in [6, 6.07) is 0. The topological polar surface area (TPSA) is 26.3 Å². The average molecular weight is 282 g/mol. The maximum atomic E-state index is 12.0. The van der Waals surface area contributed by atoms with E-state index >= 15 is 0 Å². The first-order valence-electron chi connectivity index (χ1n) is 8.90. The zero-order chi connectivity index (χ0) is 14.6. The summed E-state index contributed by atoms with van der Waals surface area (Å²) < 4.78 is 5.52. The Bertz CT molecular complexity index is 250. The zero-order valence-corrected chi connectivity index (χ0v) is 13.7. The summed E-state index contributed by atoms with van der Waals surface area (Å²) in [5.41, 5.74) is 0. The van der Waals surface area contributed by atoms with Gasteiger partial charge in [0, 0.05) is 13.0 Å². The van der Waals surface area contributed by atoms with Crippen molar-refractivity contribution in [2.24, 2.45) is 5.92 Å². The van der Waals surface area contributed by atoms with Crippen LogP contribution in [0.5, 0.6) is 0 Å². The van der Waals surface area contributed by atoms with Gasteiger partial charge in [-0.1, -0.05) is 71.6 Å². The van der Waals surface area contributed by atoms with Crippen molar-refractivity contribution in [3.05, 3.63) is 0 Å². The predicted molar refractivity (Wildman–Crippen MR) is 85.0 cm³/mol. The Kier molecular flexibility index (Phi) is 10.00. The van der Waals surface area contributed by atoms with Crippen molar-refractivity contribution >= 4 is 5.78 Å². The predicted octanol–water partition coefficient (Wildman–Crippen LogP) is 5.29. The normalized spacial score (nSPS) is 22.3. The molecule has 0 amide bonds. The van der Waals surface area contributed by atoms with Crippen LogP contribution < -0.4 is 0 Å². The fourth-order valence-corrected chi connectivity index (χ4v) is 3.04. The summed E-state index contributed by atoms with van der Waals surface area (Å²) in [6.45, 7) is 5.17. The van der Waals surface area contributed by atoms with Crippen LogP contribution in [0.3, 0.4) is 0 Å². The zero-order valence-electron chi connectivity index (χ0n) is 13.7. The first kappa shape index (κ1) is 17.7. The molecule has 1 aliphatic rings. The van der Waals surface area contributed by atoms with Crippen LogP contribution in [0.15, 0.2) is 0 Å². The Balaban J connectivity index is 1.86. The van der Waals surface area contributed by atoms with Gasteiger partial charge in [-0.15, -0.1) is 0 Å². The molecular formula is C18H34O2. The second-order valence-electron chi connectivity index (χ2n) is 6.46. The molecule has 1 heterocycles. The van der Waals surface area contributed by atoms with Gasteiger partial charge in [0.1, 0.15) is 6.10 Å². The monoisotopic (exact) mass is 282 g/mol. The summed E-state index contributed by atoms with van der Waals surface area (Å²) in [5.74, 6) is 0.778. The number of carbonyl (C=O) groups excluding carboxylic acids is 1. The Morgan fingerprint density at radius 1 is 0.950 bits per heavy atom. The van der Waals surface area contributed by atoms with Gasteiger partial charge in [-0.05, 0) is 18.8 Å². The molecule has 0 saturated carbocycles. The molecule has 0 aliphatic carbocycles. The van der Waals surface area contributed by atoms with Crippen LogP contribution in [0.4, 0.5) is 0 Å². The largest absolute Gasteiger partial charge is 0.370 e. The van der Waals surface area contributed by atoms with E-state index in [1.165, 1.54) is 57.8 Å². The minimum Gasteiger partial charge on any atom is -0.370 e. The number of hydrogen-bond donors (Lipinski definition) is 0. The van der Waals surface area contributed by atoms with Crippen molar-refractivity contribution in [1.82, 2.24) is 0 Å². The maximum absolute atomic E-state index is 12.0. The highest BCUT2D eigenvalue weighted by molar-refractivity contribution is 5.83. The van der Waals surface area contributed by atoms with Crippen molar-refractivity contribution < 1.29 is 9.53 Å². The smallest absolute Gasteiger partial charge is 0.161 e. The number of unbranched alkanes of at least 4 members (excludes halogenated alkanes) is 9. The average Bonchev–Trinajstić information content (AvgIpc) is 2.87. The number of hydrogen-bond acceptors (Lipinski definition) is 2. The molecule has 0 spiro atoms. The molecule has 20 heavy (non-hydrogen) atoms. The first-order chi connectivity index (χ1) is 9.75. The van der Waals surface area contributed by atoms with E-state index in [-0.39, 0.29) is 6.10 Å². The molecular weight excluding hydrogens is 248 g/mol. The van der Waals surface area contributed by atoms with Crippen molar-refractivity contribution in [3.63, 3.8) is 0 Å². The lowest BCUT2D eigenvalue weighted by molar-refractivity contribution is -0.129. The van der Waals surface area contributed by atoms with E-state index in [1.54, 1.807) is 0 Å². The molecule has 2 unspecified atom stereocenters. The van der Waals surface area contributed by atoms with Crippen LogP contribution in [0.2, 0.25) is 0 Å². The van der Waals surface area contributed by atoms with Gasteiger partial charge in [0.05, 0.1) is 0 Å². The van der Waals surface area contributed by atoms with E-state index in [0.717, 1.165) is 25.9 Å². The van der Waals surface area contributed by atoms with Crippen LogP contribution in [0, 0.1) is 5.92 Å². The second kappa shape index (κ2) is 11.3. The van der Waals surface area contributed by atoms with Gasteiger partial charge in [0.2, 0.25) is 0 Å². The minimum atomic E-state index is -0.0893. The first-order valence-corrected chi connectivity index (χ1v) is 8.90. The third-order valence-corrected chi connectivity index (χ3v) is 4.48. The van der Waals surface area contributed by atoms with E-state index < -0.39 is 0 Å². The van der Waals surface area contributed by atoms with E-state index in [1.807, 2.05) is 0 Å². The molecule has 118 valence electrons. The van der Waals surface area contributed by atoms with Gasteiger partial charge in [0.25, 0.3) is 0 Å². The highest BCUT2D eigenvalue weighted by Gasteiger charge is 2.29. The molecule has 0 aromatic carbocycles. The Labute approximate surface area is 125 Å². The molecule has 2 atom stereocenters. The molecule has 2 heteroatoms. The van der Waals surface area contributed by atoms with Crippen LogP contribution in [0.1, 0.15) is 90.9 Å². The number of Topliss-reactive ketones (excluding diaryl/α,β-unsaturated/α-hetero) is 1. The molecule has 0 bridgehead atoms. The third-order valence-electron chi connectivity index (χ3n) is 4.48. The van der Waals surface area contributed by atoms with Gasteiger partial charge in [-0.25, -0.2) is 0 Å². The van der Waals surface area contributed by atoms with Gasteiger partial charge in [0.15, 0.2) is 5.78 Å². The van der Waals surface area contributed by atoms with E-state index in [9.17, 15) is 4.79 Å². The maximum Gasteiger partial charge on any atom is 0.161 e. The van der Waals surface area contributed by atoms with Crippen LogP contribution in [0.25, 0.3) is 0 Å². The van der Waals surface area contributed by atoms with Crippen LogP contribution in [-0.2, 0) is 9.53 Å². The lowest BCUT2D eigenvalue weighted by Gasteiger charge is -2.12. The molecule has 0 aromatic heterocycles. The number of rotatable bonds is 12. The van der Waals surface area contributed by atoms with Gasteiger partial charge >= 0.3 is 0 Å². The Morgan fingerprint density at radius 2 is 1.50 bits per heavy atom. The number of ether oxygens (including phenoxy) is 1. The van der Waals surface area contributed by atoms with Crippen molar-refractivity contribution in [2.75, 3.05) is 6.61 Å². The van der Waals surface area contributed by atoms with Gasteiger partial charge in [-0.2, -0.15) is 0 Å². The summed E-state index contributed by atoms with van der Waals surface area (Å²) in [6.07, 6.45) is 14.9. The van der Waals surface area contributed by atoms with Crippen molar-refractivity contribution in [1.29, 1.82) is 0 Å². The Morgan fingerprint density at radius 3 is 2.00 bits per heavy atom. The number of carbonyl (C=O) groups is 1. The third kappa shape index (κ3) is 7.42. The number of ketones is 1. The van der Waals surface area contributed by atoms with E-state index in [2.05, 4.69) is 13.8 Å². The molecule has 1 fully saturated rings. The highest BCUT2D eigenvalue weighted by Crippen LogP contribution is 2.22. The summed E-state index contributed by atoms with van der Waals surface area (Å²) in [7, 11) is 0. The summed E-state index contributed by atoms with van der Waals surface area (Å²) in [5, 5.41) is 0. The van der Waals surface area contributed by atoms with Crippen LogP contribution in [-0.4, -0.2) is 18.5 Å². The van der Waals surface area contributed by atoms with Gasteiger partial charge < -0.3 is 4.74 Å². The SMILES string of the molecule is CCCCCCCCCCCCC(=O)C1OCCC1C. The molecule has 1 rings (SSSR count). The van der Waals surface area contributed by atoms with Crippen molar-refractivity contribution in [2.45, 2.75) is 97.0 Å². The molecule has 0 radical (unpaired) electrons. The molecule has 0 aromatic rings. The lowest BCUT2D eigenvalue weighted by atomic mass is 9.97. The molecule has 2 nitrogen and oxygen atoms in total.